The van der Waals surface area contributed by atoms with E-state index >= 15 is 0 Å². The second-order valence-corrected chi connectivity index (χ2v) is 7.52. The highest BCUT2D eigenvalue weighted by Crippen LogP contribution is 2.28. The predicted molar refractivity (Wildman–Crippen MR) is 82.5 cm³/mol. The number of ether oxygens (including phenoxy) is 1. The highest BCUT2D eigenvalue weighted by atomic mass is 35.7. The average Bonchev–Trinajstić information content (AvgIpc) is 2.39. The van der Waals surface area contributed by atoms with Crippen LogP contribution in [-0.4, -0.2) is 13.4 Å². The van der Waals surface area contributed by atoms with Crippen LogP contribution in [0.5, 0.6) is 5.75 Å². The molecule has 0 fully saturated rings. The van der Waals surface area contributed by atoms with E-state index in [0.29, 0.717) is 21.9 Å². The van der Waals surface area contributed by atoms with Crippen LogP contribution in [0.3, 0.4) is 0 Å². The first-order valence-corrected chi connectivity index (χ1v) is 8.75. The van der Waals surface area contributed by atoms with Gasteiger partial charge in [0.2, 0.25) is 0 Å². The summed E-state index contributed by atoms with van der Waals surface area (Å²) in [6, 6.07) is 4.92. The van der Waals surface area contributed by atoms with Gasteiger partial charge in [0, 0.05) is 28.6 Å². The first-order chi connectivity index (χ1) is 9.79. The molecule has 1 aromatic heterocycles. The van der Waals surface area contributed by atoms with Crippen LogP contribution in [-0.2, 0) is 15.7 Å². The zero-order valence-corrected chi connectivity index (χ0v) is 13.8. The fourth-order valence-corrected chi connectivity index (χ4v) is 3.29. The summed E-state index contributed by atoms with van der Waals surface area (Å²) in [7, 11) is 1.63. The average molecular weight is 346 g/mol. The summed E-state index contributed by atoms with van der Waals surface area (Å²) >= 11 is 6.01. The predicted octanol–water partition coefficient (Wildman–Crippen LogP) is 3.86. The molecule has 2 rings (SSSR count). The van der Waals surface area contributed by atoms with E-state index in [2.05, 4.69) is 4.98 Å². The van der Waals surface area contributed by atoms with Gasteiger partial charge in [0.05, 0.1) is 9.92 Å². The van der Waals surface area contributed by atoms with E-state index in [1.807, 2.05) is 0 Å². The molecule has 0 atom stereocenters. The summed E-state index contributed by atoms with van der Waals surface area (Å²) in [4.78, 5) is 3.99. The lowest BCUT2D eigenvalue weighted by atomic mass is 10.1. The largest absolute Gasteiger partial charge is 0.489 e. The van der Waals surface area contributed by atoms with E-state index in [9.17, 15) is 8.42 Å². The quantitative estimate of drug-likeness (QED) is 0.789. The number of nitrogens with zero attached hydrogens (tertiary/aromatic N) is 1. The normalized spacial score (nSPS) is 11.4. The molecular weight excluding hydrogens is 333 g/mol. The van der Waals surface area contributed by atoms with Gasteiger partial charge in [-0.1, -0.05) is 11.6 Å². The van der Waals surface area contributed by atoms with Gasteiger partial charge in [0.15, 0.2) is 0 Å². The Kier molecular flexibility index (Phi) is 4.76. The molecule has 7 heteroatoms. The van der Waals surface area contributed by atoms with Gasteiger partial charge in [-0.25, -0.2) is 8.42 Å². The fraction of sp³-hybridized carbons (Fsp3) is 0.214. The standard InChI is InChI=1S/C14H13Cl2NO3S/c1-9-6-14(21(16,18)19)10(2)5-13(9)20-8-11-3-4-17-7-12(11)15/h3-7H,8H2,1-2H3. The Bertz CT molecular complexity index is 776. The SMILES string of the molecule is Cc1cc(S(=O)(=O)Cl)c(C)cc1OCc1ccncc1Cl. The molecule has 21 heavy (non-hydrogen) atoms. The molecule has 1 heterocycles. The molecule has 0 saturated heterocycles. The molecule has 1 aromatic carbocycles. The van der Waals surface area contributed by atoms with Crippen molar-refractivity contribution in [2.75, 3.05) is 0 Å². The van der Waals surface area contributed by atoms with Crippen molar-refractivity contribution in [3.8, 4) is 5.75 Å². The number of pyridine rings is 1. The minimum absolute atomic E-state index is 0.0935. The molecule has 0 radical (unpaired) electrons. The van der Waals surface area contributed by atoms with Gasteiger partial charge < -0.3 is 4.74 Å². The third-order valence-corrected chi connectivity index (χ3v) is 4.78. The number of hydrogen-bond acceptors (Lipinski definition) is 4. The van der Waals surface area contributed by atoms with Gasteiger partial charge in [-0.2, -0.15) is 0 Å². The first kappa shape index (κ1) is 16.1. The van der Waals surface area contributed by atoms with Crippen LogP contribution in [0.25, 0.3) is 0 Å². The van der Waals surface area contributed by atoms with Crippen molar-refractivity contribution in [2.45, 2.75) is 25.3 Å². The number of halogens is 2. The van der Waals surface area contributed by atoms with E-state index in [1.54, 1.807) is 38.4 Å². The van der Waals surface area contributed by atoms with Crippen LogP contribution in [0.2, 0.25) is 5.02 Å². The van der Waals surface area contributed by atoms with Crippen LogP contribution in [0.4, 0.5) is 0 Å². The summed E-state index contributed by atoms with van der Waals surface area (Å²) < 4.78 is 28.6. The Labute approximate surface area is 133 Å². The van der Waals surface area contributed by atoms with Crippen molar-refractivity contribution in [1.82, 2.24) is 4.98 Å². The van der Waals surface area contributed by atoms with Crippen molar-refractivity contribution in [2.24, 2.45) is 0 Å². The highest BCUT2D eigenvalue weighted by Gasteiger charge is 2.16. The molecule has 0 aliphatic rings. The van der Waals surface area contributed by atoms with Crippen molar-refractivity contribution in [3.05, 3.63) is 52.3 Å². The fourth-order valence-electron chi connectivity index (χ4n) is 1.86. The molecule has 0 amide bonds. The molecule has 0 N–H and O–H groups in total. The van der Waals surface area contributed by atoms with Crippen molar-refractivity contribution in [3.63, 3.8) is 0 Å². The van der Waals surface area contributed by atoms with Gasteiger partial charge >= 0.3 is 0 Å². The maximum absolute atomic E-state index is 11.4. The Balaban J connectivity index is 2.26. The minimum Gasteiger partial charge on any atom is -0.489 e. The van der Waals surface area contributed by atoms with E-state index < -0.39 is 9.05 Å². The number of aryl methyl sites for hydroxylation is 2. The van der Waals surface area contributed by atoms with Crippen LogP contribution < -0.4 is 4.74 Å². The summed E-state index contributed by atoms with van der Waals surface area (Å²) in [5, 5.41) is 0.520. The molecular formula is C14H13Cl2NO3S. The summed E-state index contributed by atoms with van der Waals surface area (Å²) in [6.45, 7) is 3.70. The minimum atomic E-state index is -3.76. The molecule has 2 aromatic rings. The van der Waals surface area contributed by atoms with E-state index in [0.717, 1.165) is 5.56 Å². The zero-order chi connectivity index (χ0) is 15.6. The Morgan fingerprint density at radius 1 is 1.24 bits per heavy atom. The van der Waals surface area contributed by atoms with E-state index in [-0.39, 0.29) is 11.5 Å². The molecule has 0 unspecified atom stereocenters. The van der Waals surface area contributed by atoms with Gasteiger partial charge in [0.1, 0.15) is 12.4 Å². The summed E-state index contributed by atoms with van der Waals surface area (Å²) in [6.07, 6.45) is 3.17. The van der Waals surface area contributed by atoms with Gasteiger partial charge in [-0.15, -0.1) is 0 Å². The van der Waals surface area contributed by atoms with Crippen LogP contribution in [0, 0.1) is 13.8 Å². The van der Waals surface area contributed by atoms with Crippen LogP contribution in [0.1, 0.15) is 16.7 Å². The topological polar surface area (TPSA) is 56.3 Å². The van der Waals surface area contributed by atoms with E-state index in [4.69, 9.17) is 27.0 Å². The number of aromatic nitrogens is 1. The zero-order valence-electron chi connectivity index (χ0n) is 11.4. The lowest BCUT2D eigenvalue weighted by Gasteiger charge is -2.12. The number of rotatable bonds is 4. The molecule has 0 bridgehead atoms. The second kappa shape index (κ2) is 6.22. The number of hydrogen-bond donors (Lipinski definition) is 0. The molecule has 0 saturated carbocycles. The Morgan fingerprint density at radius 2 is 1.95 bits per heavy atom. The Hall–Kier alpha value is -1.30. The van der Waals surface area contributed by atoms with Crippen molar-refractivity contribution >= 4 is 31.3 Å². The molecule has 0 aliphatic heterocycles. The maximum Gasteiger partial charge on any atom is 0.261 e. The second-order valence-electron chi connectivity index (χ2n) is 4.58. The highest BCUT2D eigenvalue weighted by molar-refractivity contribution is 8.13. The maximum atomic E-state index is 11.4. The molecule has 4 nitrogen and oxygen atoms in total. The molecule has 0 aliphatic carbocycles. The van der Waals surface area contributed by atoms with Crippen molar-refractivity contribution in [1.29, 1.82) is 0 Å². The smallest absolute Gasteiger partial charge is 0.261 e. The molecule has 112 valence electrons. The van der Waals surface area contributed by atoms with Gasteiger partial charge in [0.25, 0.3) is 9.05 Å². The Morgan fingerprint density at radius 3 is 2.57 bits per heavy atom. The van der Waals surface area contributed by atoms with Crippen LogP contribution in [0.15, 0.2) is 35.5 Å². The lowest BCUT2D eigenvalue weighted by Crippen LogP contribution is -2.01. The third-order valence-electron chi connectivity index (χ3n) is 2.97. The lowest BCUT2D eigenvalue weighted by molar-refractivity contribution is 0.303. The third kappa shape index (κ3) is 3.87. The number of benzene rings is 1. The van der Waals surface area contributed by atoms with Gasteiger partial charge in [-0.3, -0.25) is 4.98 Å². The van der Waals surface area contributed by atoms with Gasteiger partial charge in [-0.05, 0) is 43.2 Å². The monoisotopic (exact) mass is 345 g/mol. The molecule has 0 spiro atoms. The van der Waals surface area contributed by atoms with Crippen molar-refractivity contribution < 1.29 is 13.2 Å². The summed E-state index contributed by atoms with van der Waals surface area (Å²) in [5.74, 6) is 0.587. The van der Waals surface area contributed by atoms with Crippen LogP contribution >= 0.6 is 22.3 Å². The van der Waals surface area contributed by atoms with E-state index in [1.165, 1.54) is 6.07 Å². The summed E-state index contributed by atoms with van der Waals surface area (Å²) in [5.41, 5.74) is 2.02. The first-order valence-electron chi connectivity index (χ1n) is 6.06.